The molecule has 1 aromatic rings. The molecule has 0 saturated carbocycles. The highest BCUT2D eigenvalue weighted by Gasteiger charge is 2.35. The fourth-order valence-corrected chi connectivity index (χ4v) is 5.52. The monoisotopic (exact) mass is 584 g/mol. The molecule has 232 valence electrons. The Morgan fingerprint density at radius 3 is 2.52 bits per heavy atom. The number of hydrogen-bond acceptors (Lipinski definition) is 7. The van der Waals surface area contributed by atoms with Crippen LogP contribution in [0.4, 0.5) is 0 Å². The van der Waals surface area contributed by atoms with E-state index in [-0.39, 0.29) is 23.8 Å². The van der Waals surface area contributed by atoms with Crippen molar-refractivity contribution in [2.24, 2.45) is 11.8 Å². The Morgan fingerprint density at radius 2 is 1.83 bits per heavy atom. The first-order chi connectivity index (χ1) is 20.0. The summed E-state index contributed by atoms with van der Waals surface area (Å²) in [6.45, 7) is 7.31. The first-order valence-corrected chi connectivity index (χ1v) is 15.2. The number of carbonyl (C=O) groups is 4. The molecule has 1 fully saturated rings. The van der Waals surface area contributed by atoms with E-state index in [2.05, 4.69) is 46.4 Å². The molecule has 3 amide bonds. The maximum Gasteiger partial charge on any atom is 0.312 e. The van der Waals surface area contributed by atoms with Crippen molar-refractivity contribution >= 4 is 29.8 Å². The van der Waals surface area contributed by atoms with Crippen molar-refractivity contribution < 1.29 is 28.7 Å². The summed E-state index contributed by atoms with van der Waals surface area (Å²) in [5, 5.41) is 6.64. The zero-order chi connectivity index (χ0) is 30.8. The van der Waals surface area contributed by atoms with Crippen LogP contribution in [0.2, 0.25) is 0 Å². The van der Waals surface area contributed by atoms with E-state index in [0.29, 0.717) is 25.8 Å². The molecule has 1 aliphatic carbocycles. The Labute approximate surface area is 249 Å². The third-order valence-electron chi connectivity index (χ3n) is 8.13. The molecule has 0 aromatic heterocycles. The van der Waals surface area contributed by atoms with Crippen molar-refractivity contribution in [1.82, 2.24) is 21.1 Å². The lowest BCUT2D eigenvalue weighted by atomic mass is 9.99. The van der Waals surface area contributed by atoms with Gasteiger partial charge in [-0.1, -0.05) is 44.2 Å². The smallest absolute Gasteiger partial charge is 0.312 e. The molecule has 5 unspecified atom stereocenters. The van der Waals surface area contributed by atoms with Gasteiger partial charge in [0.05, 0.1) is 12.0 Å². The van der Waals surface area contributed by atoms with E-state index in [4.69, 9.17) is 9.47 Å². The predicted molar refractivity (Wildman–Crippen MR) is 161 cm³/mol. The molecule has 0 spiro atoms. The Kier molecular flexibility index (Phi) is 12.5. The second-order valence-corrected chi connectivity index (χ2v) is 11.7. The molecule has 42 heavy (non-hydrogen) atoms. The minimum absolute atomic E-state index is 0.199. The Hall–Kier alpha value is -3.24. The molecule has 1 aromatic carbocycles. The number of likely N-dealkylation sites (N-methyl/N-ethyl adjacent to an activating group) is 1. The van der Waals surface area contributed by atoms with Gasteiger partial charge in [-0.15, -0.1) is 0 Å². The van der Waals surface area contributed by atoms with E-state index in [0.717, 1.165) is 19.3 Å². The largest absolute Gasteiger partial charge is 0.452 e. The number of fused-ring (bicyclic) bond motifs is 1. The summed E-state index contributed by atoms with van der Waals surface area (Å²) < 4.78 is 11.3. The highest BCUT2D eigenvalue weighted by molar-refractivity contribution is 5.90. The lowest BCUT2D eigenvalue weighted by Crippen LogP contribution is -2.61. The topological polar surface area (TPSA) is 126 Å². The van der Waals surface area contributed by atoms with Gasteiger partial charge in [0.1, 0.15) is 12.1 Å². The molecule has 3 N–H and O–H groups in total. The summed E-state index contributed by atoms with van der Waals surface area (Å²) in [6, 6.07) is 5.22. The van der Waals surface area contributed by atoms with Gasteiger partial charge < -0.3 is 20.1 Å². The minimum atomic E-state index is -1.07. The number of allylic oxidation sites excluding steroid dienone is 1. The van der Waals surface area contributed by atoms with Gasteiger partial charge in [-0.2, -0.15) is 0 Å². The molecule has 1 heterocycles. The second-order valence-electron chi connectivity index (χ2n) is 11.7. The molecule has 10 nitrogen and oxygen atoms in total. The number of esters is 1. The number of hydrazine groups is 1. The number of ether oxygens (including phenoxy) is 2. The number of hydrogen-bond donors (Lipinski definition) is 3. The highest BCUT2D eigenvalue weighted by atomic mass is 16.6. The van der Waals surface area contributed by atoms with E-state index in [1.807, 2.05) is 0 Å². The Morgan fingerprint density at radius 1 is 1.10 bits per heavy atom. The van der Waals surface area contributed by atoms with Crippen LogP contribution in [0.15, 0.2) is 24.3 Å². The summed E-state index contributed by atoms with van der Waals surface area (Å²) in [5.74, 6) is -2.54. The number of nitrogens with one attached hydrogen (secondary N) is 3. The van der Waals surface area contributed by atoms with Crippen molar-refractivity contribution in [2.45, 2.75) is 96.9 Å². The molecule has 10 heteroatoms. The zero-order valence-corrected chi connectivity index (χ0v) is 25.9. The average molecular weight is 585 g/mol. The van der Waals surface area contributed by atoms with Gasteiger partial charge in [0, 0.05) is 20.7 Å². The van der Waals surface area contributed by atoms with Crippen molar-refractivity contribution in [1.29, 1.82) is 0 Å². The number of rotatable bonds is 13. The van der Waals surface area contributed by atoms with Gasteiger partial charge in [0.2, 0.25) is 5.91 Å². The number of nitrogens with zero attached hydrogens (tertiary/aromatic N) is 1. The first-order valence-electron chi connectivity index (χ1n) is 15.2. The number of amides is 3. The van der Waals surface area contributed by atoms with Crippen LogP contribution in [0, 0.1) is 11.8 Å². The van der Waals surface area contributed by atoms with Gasteiger partial charge in [-0.25, -0.2) is 5.43 Å². The molecular formula is C32H48N4O6. The molecule has 1 aliphatic heterocycles. The summed E-state index contributed by atoms with van der Waals surface area (Å²) in [4.78, 5) is 51.2. The van der Waals surface area contributed by atoms with Gasteiger partial charge in [0.15, 0.2) is 6.10 Å². The van der Waals surface area contributed by atoms with Crippen molar-refractivity contribution in [3.8, 4) is 0 Å². The summed E-state index contributed by atoms with van der Waals surface area (Å²) >= 11 is 0. The van der Waals surface area contributed by atoms with Crippen LogP contribution < -0.4 is 16.1 Å². The SMILES string of the molecule is CNC(=O)C1CCCN(C(=O)C(C)NC(=O)C(OC(=O)C(C)C(CC/C=C/c2ccc3c(c2)CCC3)OC)C(C)C)N1. The van der Waals surface area contributed by atoms with Crippen LogP contribution in [0.25, 0.3) is 6.08 Å². The molecule has 5 atom stereocenters. The van der Waals surface area contributed by atoms with E-state index in [9.17, 15) is 19.2 Å². The van der Waals surface area contributed by atoms with E-state index in [1.165, 1.54) is 28.1 Å². The number of aryl methyl sites for hydroxylation is 2. The number of benzene rings is 1. The molecule has 0 bridgehead atoms. The zero-order valence-electron chi connectivity index (χ0n) is 25.9. The van der Waals surface area contributed by atoms with E-state index < -0.39 is 36.0 Å². The van der Waals surface area contributed by atoms with E-state index >= 15 is 0 Å². The fraction of sp³-hybridized carbons (Fsp3) is 0.625. The van der Waals surface area contributed by atoms with Crippen molar-refractivity contribution in [3.63, 3.8) is 0 Å². The lowest BCUT2D eigenvalue weighted by molar-refractivity contribution is -0.166. The number of carbonyl (C=O) groups excluding carboxylic acids is 4. The quantitative estimate of drug-likeness (QED) is 0.305. The molecule has 1 saturated heterocycles. The second kappa shape index (κ2) is 15.8. The Bertz CT molecular complexity index is 1140. The Balaban J connectivity index is 1.51. The molecule has 3 rings (SSSR count). The van der Waals surface area contributed by atoms with Crippen LogP contribution in [-0.4, -0.2) is 73.7 Å². The van der Waals surface area contributed by atoms with Crippen molar-refractivity contribution in [3.05, 3.63) is 41.0 Å². The molecule has 2 aliphatic rings. The third-order valence-corrected chi connectivity index (χ3v) is 8.13. The number of methoxy groups -OCH3 is 1. The highest BCUT2D eigenvalue weighted by Crippen LogP contribution is 2.24. The first kappa shape index (κ1) is 33.3. The van der Waals surface area contributed by atoms with Crippen molar-refractivity contribution in [2.75, 3.05) is 20.7 Å². The molecule has 0 radical (unpaired) electrons. The summed E-state index contributed by atoms with van der Waals surface area (Å²) in [7, 11) is 3.12. The summed E-state index contributed by atoms with van der Waals surface area (Å²) in [6.07, 6.45) is 8.90. The van der Waals surface area contributed by atoms with Crippen LogP contribution in [0.3, 0.4) is 0 Å². The maximum atomic E-state index is 13.1. The average Bonchev–Trinajstić information content (AvgIpc) is 3.46. The lowest BCUT2D eigenvalue weighted by Gasteiger charge is -2.34. The van der Waals surface area contributed by atoms with E-state index in [1.54, 1.807) is 41.9 Å². The van der Waals surface area contributed by atoms with Gasteiger partial charge in [-0.3, -0.25) is 24.2 Å². The van der Waals surface area contributed by atoms with Gasteiger partial charge >= 0.3 is 5.97 Å². The van der Waals surface area contributed by atoms with Crippen LogP contribution >= 0.6 is 0 Å². The van der Waals surface area contributed by atoms with Crippen LogP contribution in [-0.2, 0) is 41.5 Å². The summed E-state index contributed by atoms with van der Waals surface area (Å²) in [5.41, 5.74) is 6.99. The standard InChI is InChI=1S/C32H48N4O6/c1-20(2)28(30(38)34-22(4)31(39)36-18-10-14-26(35-36)29(37)33-5)42-32(40)21(3)27(41-6)15-8-7-11-23-16-17-24-12-9-13-25(24)19-23/h7,11,16-17,19-22,26-28,35H,8-10,12-15,18H2,1-6H3,(H,33,37)(H,34,38)/b11-7+. The third kappa shape index (κ3) is 8.88. The normalized spacial score (nSPS) is 19.6. The van der Waals surface area contributed by atoms with Gasteiger partial charge in [-0.05, 0) is 81.4 Å². The predicted octanol–water partition coefficient (Wildman–Crippen LogP) is 2.93. The van der Waals surface area contributed by atoms with Crippen LogP contribution in [0.5, 0.6) is 0 Å². The molecular weight excluding hydrogens is 536 g/mol. The van der Waals surface area contributed by atoms with Crippen LogP contribution in [0.1, 0.15) is 76.5 Å². The van der Waals surface area contributed by atoms with Gasteiger partial charge in [0.25, 0.3) is 11.8 Å². The fourth-order valence-electron chi connectivity index (χ4n) is 5.52. The maximum absolute atomic E-state index is 13.1. The minimum Gasteiger partial charge on any atom is -0.452 e.